The summed E-state index contributed by atoms with van der Waals surface area (Å²) in [5, 5.41) is 13.3. The monoisotopic (exact) mass is 261 g/mol. The normalized spacial score (nSPS) is 13.9. The van der Waals surface area contributed by atoms with Crippen molar-refractivity contribution in [1.29, 1.82) is 0 Å². The number of benzene rings is 1. The summed E-state index contributed by atoms with van der Waals surface area (Å²) in [7, 11) is 0. The molecule has 1 aromatic carbocycles. The van der Waals surface area contributed by atoms with Crippen molar-refractivity contribution >= 4 is 5.82 Å². The summed E-state index contributed by atoms with van der Waals surface area (Å²) in [6.45, 7) is 3.64. The number of rotatable bonds is 4. The average Bonchev–Trinajstić information content (AvgIpc) is 2.39. The minimum Gasteiger partial charge on any atom is -0.386 e. The zero-order valence-electron chi connectivity index (χ0n) is 10.8. The number of anilines is 1. The quantitative estimate of drug-likeness (QED) is 0.887. The first-order valence-electron chi connectivity index (χ1n) is 6.06. The Morgan fingerprint density at radius 1 is 1.21 bits per heavy atom. The first-order chi connectivity index (χ1) is 9.06. The maximum absolute atomic E-state index is 12.8. The number of aliphatic hydroxyl groups excluding tert-OH is 1. The number of aromatic nitrogens is 2. The first kappa shape index (κ1) is 13.4. The summed E-state index contributed by atoms with van der Waals surface area (Å²) < 4.78 is 12.8. The SMILES string of the molecule is Cc1nccc(NC(C)C(O)c2ccc(F)cc2)n1. The predicted molar refractivity (Wildman–Crippen MR) is 71.2 cm³/mol. The fraction of sp³-hybridized carbons (Fsp3) is 0.286. The molecule has 0 radical (unpaired) electrons. The van der Waals surface area contributed by atoms with E-state index in [0.717, 1.165) is 0 Å². The Kier molecular flexibility index (Phi) is 4.06. The predicted octanol–water partition coefficient (Wildman–Crippen LogP) is 2.46. The zero-order chi connectivity index (χ0) is 13.8. The van der Waals surface area contributed by atoms with Crippen molar-refractivity contribution in [2.24, 2.45) is 0 Å². The van der Waals surface area contributed by atoms with Crippen LogP contribution in [0.4, 0.5) is 10.2 Å². The summed E-state index contributed by atoms with van der Waals surface area (Å²) in [6.07, 6.45) is 0.914. The van der Waals surface area contributed by atoms with E-state index in [9.17, 15) is 9.50 Å². The van der Waals surface area contributed by atoms with Gasteiger partial charge >= 0.3 is 0 Å². The third kappa shape index (κ3) is 3.48. The largest absolute Gasteiger partial charge is 0.386 e. The van der Waals surface area contributed by atoms with Crippen molar-refractivity contribution < 1.29 is 9.50 Å². The molecule has 0 saturated heterocycles. The molecule has 1 heterocycles. The smallest absolute Gasteiger partial charge is 0.129 e. The van der Waals surface area contributed by atoms with Crippen molar-refractivity contribution in [3.63, 3.8) is 0 Å². The van der Waals surface area contributed by atoms with E-state index in [0.29, 0.717) is 17.2 Å². The molecule has 0 fully saturated rings. The molecule has 2 rings (SSSR count). The van der Waals surface area contributed by atoms with Gasteiger partial charge in [-0.1, -0.05) is 12.1 Å². The van der Waals surface area contributed by atoms with E-state index in [4.69, 9.17) is 0 Å². The number of aryl methyl sites for hydroxylation is 1. The van der Waals surface area contributed by atoms with Gasteiger partial charge in [-0.05, 0) is 37.6 Å². The van der Waals surface area contributed by atoms with Crippen LogP contribution in [0.25, 0.3) is 0 Å². The molecule has 0 spiro atoms. The molecule has 2 N–H and O–H groups in total. The molecule has 0 aliphatic carbocycles. The van der Waals surface area contributed by atoms with Crippen molar-refractivity contribution in [2.75, 3.05) is 5.32 Å². The number of hydrogen-bond acceptors (Lipinski definition) is 4. The lowest BCUT2D eigenvalue weighted by Crippen LogP contribution is -2.24. The van der Waals surface area contributed by atoms with E-state index in [1.54, 1.807) is 31.3 Å². The van der Waals surface area contributed by atoms with Gasteiger partial charge in [-0.2, -0.15) is 0 Å². The molecule has 0 bridgehead atoms. The van der Waals surface area contributed by atoms with Crippen LogP contribution in [0.2, 0.25) is 0 Å². The highest BCUT2D eigenvalue weighted by atomic mass is 19.1. The third-order valence-electron chi connectivity index (χ3n) is 2.84. The van der Waals surface area contributed by atoms with Gasteiger partial charge in [0.15, 0.2) is 0 Å². The molecule has 0 amide bonds. The van der Waals surface area contributed by atoms with Crippen LogP contribution in [-0.4, -0.2) is 21.1 Å². The van der Waals surface area contributed by atoms with Crippen LogP contribution in [-0.2, 0) is 0 Å². The van der Waals surface area contributed by atoms with Crippen LogP contribution < -0.4 is 5.32 Å². The highest BCUT2D eigenvalue weighted by Gasteiger charge is 2.16. The van der Waals surface area contributed by atoms with Crippen molar-refractivity contribution in [3.8, 4) is 0 Å². The molecule has 0 saturated carbocycles. The van der Waals surface area contributed by atoms with E-state index in [-0.39, 0.29) is 11.9 Å². The molecule has 1 aromatic heterocycles. The lowest BCUT2D eigenvalue weighted by atomic mass is 10.0. The Morgan fingerprint density at radius 3 is 2.53 bits per heavy atom. The van der Waals surface area contributed by atoms with Crippen LogP contribution in [0, 0.1) is 12.7 Å². The number of halogens is 1. The Hall–Kier alpha value is -2.01. The Balaban J connectivity index is 2.07. The van der Waals surface area contributed by atoms with Crippen molar-refractivity contribution in [3.05, 3.63) is 53.7 Å². The van der Waals surface area contributed by atoms with Crippen LogP contribution >= 0.6 is 0 Å². The second-order valence-corrected chi connectivity index (χ2v) is 4.42. The van der Waals surface area contributed by atoms with E-state index in [1.807, 2.05) is 6.92 Å². The number of nitrogens with one attached hydrogen (secondary N) is 1. The highest BCUT2D eigenvalue weighted by molar-refractivity contribution is 5.35. The van der Waals surface area contributed by atoms with Crippen LogP contribution in [0.3, 0.4) is 0 Å². The topological polar surface area (TPSA) is 58.0 Å². The van der Waals surface area contributed by atoms with Gasteiger partial charge in [-0.15, -0.1) is 0 Å². The molecule has 100 valence electrons. The molecule has 4 nitrogen and oxygen atoms in total. The number of nitrogens with zero attached hydrogens (tertiary/aromatic N) is 2. The van der Waals surface area contributed by atoms with Gasteiger partial charge < -0.3 is 10.4 Å². The van der Waals surface area contributed by atoms with Gasteiger partial charge in [0.2, 0.25) is 0 Å². The second-order valence-electron chi connectivity index (χ2n) is 4.42. The fourth-order valence-corrected chi connectivity index (χ4v) is 1.80. The van der Waals surface area contributed by atoms with Crippen molar-refractivity contribution in [2.45, 2.75) is 26.0 Å². The van der Waals surface area contributed by atoms with Gasteiger partial charge in [-0.25, -0.2) is 14.4 Å². The highest BCUT2D eigenvalue weighted by Crippen LogP contribution is 2.19. The summed E-state index contributed by atoms with van der Waals surface area (Å²) in [5.74, 6) is 0.998. The standard InChI is InChI=1S/C14H16FN3O/c1-9(17-13-7-8-16-10(2)18-13)14(19)11-3-5-12(15)6-4-11/h3-9,14,19H,1-2H3,(H,16,17,18). The van der Waals surface area contributed by atoms with Gasteiger partial charge in [0.25, 0.3) is 0 Å². The van der Waals surface area contributed by atoms with E-state index >= 15 is 0 Å². The minimum absolute atomic E-state index is 0.250. The molecule has 2 aromatic rings. The molecule has 2 unspecified atom stereocenters. The molecular formula is C14H16FN3O. The number of hydrogen-bond donors (Lipinski definition) is 2. The average molecular weight is 261 g/mol. The fourth-order valence-electron chi connectivity index (χ4n) is 1.80. The summed E-state index contributed by atoms with van der Waals surface area (Å²) >= 11 is 0. The third-order valence-corrected chi connectivity index (χ3v) is 2.84. The molecular weight excluding hydrogens is 245 g/mol. The van der Waals surface area contributed by atoms with Crippen LogP contribution in [0.1, 0.15) is 24.4 Å². The maximum Gasteiger partial charge on any atom is 0.129 e. The van der Waals surface area contributed by atoms with Crippen molar-refractivity contribution in [1.82, 2.24) is 9.97 Å². The minimum atomic E-state index is -0.740. The lowest BCUT2D eigenvalue weighted by molar-refractivity contribution is 0.160. The van der Waals surface area contributed by atoms with E-state index in [2.05, 4.69) is 15.3 Å². The van der Waals surface area contributed by atoms with Gasteiger partial charge in [0, 0.05) is 6.20 Å². The summed E-state index contributed by atoms with van der Waals surface area (Å²) in [5.41, 5.74) is 0.659. The maximum atomic E-state index is 12.8. The molecule has 2 atom stereocenters. The zero-order valence-corrected chi connectivity index (χ0v) is 10.8. The summed E-state index contributed by atoms with van der Waals surface area (Å²) in [6, 6.07) is 7.30. The molecule has 0 aliphatic heterocycles. The van der Waals surface area contributed by atoms with Gasteiger partial charge in [-0.3, -0.25) is 0 Å². The van der Waals surface area contributed by atoms with Crippen LogP contribution in [0.15, 0.2) is 36.5 Å². The Morgan fingerprint density at radius 2 is 1.89 bits per heavy atom. The number of aliphatic hydroxyl groups is 1. The first-order valence-corrected chi connectivity index (χ1v) is 6.06. The van der Waals surface area contributed by atoms with E-state index in [1.165, 1.54) is 12.1 Å². The lowest BCUT2D eigenvalue weighted by Gasteiger charge is -2.21. The van der Waals surface area contributed by atoms with Gasteiger partial charge in [0.05, 0.1) is 12.1 Å². The Bertz CT molecular complexity index is 545. The Labute approximate surface area is 111 Å². The van der Waals surface area contributed by atoms with Crippen LogP contribution in [0.5, 0.6) is 0 Å². The molecule has 0 aliphatic rings. The summed E-state index contributed by atoms with van der Waals surface area (Å²) in [4.78, 5) is 8.21. The van der Waals surface area contributed by atoms with Gasteiger partial charge in [0.1, 0.15) is 17.5 Å². The molecule has 19 heavy (non-hydrogen) atoms. The molecule has 5 heteroatoms. The van der Waals surface area contributed by atoms with E-state index < -0.39 is 6.10 Å². The second kappa shape index (κ2) is 5.75.